The Hall–Kier alpha value is -1.07. The van der Waals surface area contributed by atoms with Crippen molar-refractivity contribution >= 4 is 22.6 Å². The summed E-state index contributed by atoms with van der Waals surface area (Å²) < 4.78 is 15.8. The largest absolute Gasteiger partial charge is 0.459 e. The van der Waals surface area contributed by atoms with Gasteiger partial charge in [-0.25, -0.2) is 0 Å². The third-order valence-electron chi connectivity index (χ3n) is 2.58. The Balaban J connectivity index is 2.35. The minimum Gasteiger partial charge on any atom is -0.459 e. The molecule has 1 atom stereocenters. The van der Waals surface area contributed by atoms with Crippen molar-refractivity contribution in [1.29, 1.82) is 0 Å². The smallest absolute Gasteiger partial charge is 0.179 e. The maximum atomic E-state index is 5.99. The number of hydrogen-bond acceptors (Lipinski definition) is 4. The van der Waals surface area contributed by atoms with Crippen LogP contribution in [0.2, 0.25) is 5.02 Å². The summed E-state index contributed by atoms with van der Waals surface area (Å²) in [7, 11) is 3.07. The summed E-state index contributed by atoms with van der Waals surface area (Å²) in [6.45, 7) is 0. The SMILES string of the molecule is COC(OC)C(N)c1cc2cc(Cl)ccc2o1. The van der Waals surface area contributed by atoms with Crippen molar-refractivity contribution in [3.8, 4) is 0 Å². The van der Waals surface area contributed by atoms with Gasteiger partial charge in [-0.3, -0.25) is 0 Å². The first kappa shape index (κ1) is 12.4. The van der Waals surface area contributed by atoms with Gasteiger partial charge in [-0.15, -0.1) is 0 Å². The van der Waals surface area contributed by atoms with Crippen LogP contribution in [0, 0.1) is 0 Å². The van der Waals surface area contributed by atoms with Gasteiger partial charge in [-0.2, -0.15) is 0 Å². The zero-order valence-corrected chi connectivity index (χ0v) is 10.4. The van der Waals surface area contributed by atoms with Crippen molar-refractivity contribution in [2.75, 3.05) is 14.2 Å². The number of furan rings is 1. The van der Waals surface area contributed by atoms with Crippen molar-refractivity contribution in [1.82, 2.24) is 0 Å². The van der Waals surface area contributed by atoms with E-state index in [1.165, 1.54) is 14.2 Å². The lowest BCUT2D eigenvalue weighted by Crippen LogP contribution is -2.29. The first-order valence-electron chi connectivity index (χ1n) is 5.16. The summed E-state index contributed by atoms with van der Waals surface area (Å²) in [6, 6.07) is 6.77. The molecule has 2 aromatic rings. The van der Waals surface area contributed by atoms with Crippen LogP contribution in [-0.2, 0) is 9.47 Å². The first-order chi connectivity index (χ1) is 8.15. The van der Waals surface area contributed by atoms with E-state index in [1.807, 2.05) is 18.2 Å². The van der Waals surface area contributed by atoms with Gasteiger partial charge in [0.2, 0.25) is 0 Å². The zero-order valence-electron chi connectivity index (χ0n) is 9.64. The molecule has 0 saturated heterocycles. The number of rotatable bonds is 4. The van der Waals surface area contributed by atoms with Gasteiger partial charge in [0.15, 0.2) is 6.29 Å². The van der Waals surface area contributed by atoms with Crippen LogP contribution < -0.4 is 5.73 Å². The highest BCUT2D eigenvalue weighted by Crippen LogP contribution is 2.27. The number of nitrogens with two attached hydrogens (primary N) is 1. The lowest BCUT2D eigenvalue weighted by atomic mass is 10.2. The van der Waals surface area contributed by atoms with Crippen LogP contribution in [0.5, 0.6) is 0 Å². The molecule has 0 spiro atoms. The van der Waals surface area contributed by atoms with E-state index in [0.717, 1.165) is 11.0 Å². The highest BCUT2D eigenvalue weighted by molar-refractivity contribution is 6.31. The first-order valence-corrected chi connectivity index (χ1v) is 5.53. The Morgan fingerprint density at radius 3 is 2.59 bits per heavy atom. The van der Waals surface area contributed by atoms with Crippen LogP contribution in [0.15, 0.2) is 28.7 Å². The summed E-state index contributed by atoms with van der Waals surface area (Å²) in [4.78, 5) is 0. The van der Waals surface area contributed by atoms with E-state index in [2.05, 4.69) is 0 Å². The molecule has 0 amide bonds. The zero-order chi connectivity index (χ0) is 12.4. The van der Waals surface area contributed by atoms with Crippen molar-refractivity contribution in [3.63, 3.8) is 0 Å². The molecule has 1 aromatic carbocycles. The van der Waals surface area contributed by atoms with Crippen LogP contribution in [0.1, 0.15) is 11.8 Å². The number of benzene rings is 1. The van der Waals surface area contributed by atoms with E-state index in [-0.39, 0.29) is 0 Å². The summed E-state index contributed by atoms with van der Waals surface area (Å²) in [5.74, 6) is 0.607. The van der Waals surface area contributed by atoms with Crippen LogP contribution >= 0.6 is 11.6 Å². The molecule has 1 heterocycles. The summed E-state index contributed by atoms with van der Waals surface area (Å²) in [6.07, 6.45) is -0.536. The quantitative estimate of drug-likeness (QED) is 0.854. The molecular weight excluding hydrogens is 242 g/mol. The average Bonchev–Trinajstić information content (AvgIpc) is 2.73. The molecule has 1 aromatic heterocycles. The fourth-order valence-electron chi connectivity index (χ4n) is 1.72. The molecule has 5 heteroatoms. The van der Waals surface area contributed by atoms with Gasteiger partial charge >= 0.3 is 0 Å². The Kier molecular flexibility index (Phi) is 3.69. The van der Waals surface area contributed by atoms with Gasteiger partial charge < -0.3 is 19.6 Å². The molecule has 4 nitrogen and oxygen atoms in total. The minimum absolute atomic E-state index is 0.476. The molecule has 0 bridgehead atoms. The van der Waals surface area contributed by atoms with E-state index in [9.17, 15) is 0 Å². The summed E-state index contributed by atoms with van der Waals surface area (Å²) in [5.41, 5.74) is 6.73. The highest BCUT2D eigenvalue weighted by atomic mass is 35.5. The molecule has 2 rings (SSSR count). The van der Waals surface area contributed by atoms with Crippen molar-refractivity contribution < 1.29 is 13.9 Å². The number of hydrogen-bond donors (Lipinski definition) is 1. The topological polar surface area (TPSA) is 57.6 Å². The Labute approximate surface area is 104 Å². The second-order valence-electron chi connectivity index (χ2n) is 3.70. The highest BCUT2D eigenvalue weighted by Gasteiger charge is 2.22. The Bertz CT molecular complexity index is 507. The fourth-order valence-corrected chi connectivity index (χ4v) is 1.90. The van der Waals surface area contributed by atoms with Crippen molar-refractivity contribution in [3.05, 3.63) is 35.0 Å². The number of halogens is 1. The number of fused-ring (bicyclic) bond motifs is 1. The average molecular weight is 256 g/mol. The molecule has 17 heavy (non-hydrogen) atoms. The molecule has 0 aliphatic carbocycles. The van der Waals surface area contributed by atoms with E-state index in [0.29, 0.717) is 10.8 Å². The Morgan fingerprint density at radius 1 is 1.24 bits per heavy atom. The number of methoxy groups -OCH3 is 2. The van der Waals surface area contributed by atoms with E-state index in [1.54, 1.807) is 6.07 Å². The van der Waals surface area contributed by atoms with E-state index >= 15 is 0 Å². The van der Waals surface area contributed by atoms with Crippen molar-refractivity contribution in [2.24, 2.45) is 5.73 Å². The van der Waals surface area contributed by atoms with Crippen LogP contribution in [0.25, 0.3) is 11.0 Å². The molecule has 2 N–H and O–H groups in total. The summed E-state index contributed by atoms with van der Waals surface area (Å²) >= 11 is 5.90. The summed E-state index contributed by atoms with van der Waals surface area (Å²) in [5, 5.41) is 1.57. The molecule has 1 unspecified atom stereocenters. The molecule has 0 aliphatic rings. The number of ether oxygens (including phenoxy) is 2. The monoisotopic (exact) mass is 255 g/mol. The van der Waals surface area contributed by atoms with Gasteiger partial charge in [-0.05, 0) is 24.3 Å². The van der Waals surface area contributed by atoms with E-state index in [4.69, 9.17) is 31.2 Å². The normalized spacial score (nSPS) is 13.5. The van der Waals surface area contributed by atoms with Gasteiger partial charge in [0.05, 0.1) is 0 Å². The van der Waals surface area contributed by atoms with Crippen molar-refractivity contribution in [2.45, 2.75) is 12.3 Å². The molecule has 0 aliphatic heterocycles. The third kappa shape index (κ3) is 2.45. The molecule has 92 valence electrons. The van der Waals surface area contributed by atoms with Gasteiger partial charge in [0.1, 0.15) is 17.4 Å². The van der Waals surface area contributed by atoms with Gasteiger partial charge in [0, 0.05) is 24.6 Å². The predicted octanol–water partition coefficient (Wildman–Crippen LogP) is 2.70. The second kappa shape index (κ2) is 5.06. The van der Waals surface area contributed by atoms with E-state index < -0.39 is 12.3 Å². The lowest BCUT2D eigenvalue weighted by Gasteiger charge is -2.18. The van der Waals surface area contributed by atoms with Gasteiger partial charge in [-0.1, -0.05) is 11.6 Å². The van der Waals surface area contributed by atoms with Crippen LogP contribution in [0.3, 0.4) is 0 Å². The second-order valence-corrected chi connectivity index (χ2v) is 4.13. The molecule has 0 saturated carbocycles. The lowest BCUT2D eigenvalue weighted by molar-refractivity contribution is -0.120. The maximum absolute atomic E-state index is 5.99. The standard InChI is InChI=1S/C12H14ClNO3/c1-15-12(16-2)11(14)10-6-7-5-8(13)3-4-9(7)17-10/h3-6,11-12H,14H2,1-2H3. The fraction of sp³-hybridized carbons (Fsp3) is 0.333. The van der Waals surface area contributed by atoms with Crippen LogP contribution in [-0.4, -0.2) is 20.5 Å². The molecular formula is C12H14ClNO3. The minimum atomic E-state index is -0.536. The maximum Gasteiger partial charge on any atom is 0.179 e. The molecule has 0 radical (unpaired) electrons. The van der Waals surface area contributed by atoms with Crippen LogP contribution in [0.4, 0.5) is 0 Å². The molecule has 0 fully saturated rings. The third-order valence-corrected chi connectivity index (χ3v) is 2.82. The van der Waals surface area contributed by atoms with Gasteiger partial charge in [0.25, 0.3) is 0 Å². The predicted molar refractivity (Wildman–Crippen MR) is 66.0 cm³/mol. The Morgan fingerprint density at radius 2 is 1.94 bits per heavy atom.